The number of rotatable bonds is 8. The second-order valence-corrected chi connectivity index (χ2v) is 4.55. The summed E-state index contributed by atoms with van der Waals surface area (Å²) in [7, 11) is 1.50. The van der Waals surface area contributed by atoms with E-state index in [0.29, 0.717) is 5.56 Å². The first-order valence-electron chi connectivity index (χ1n) is 6.44. The molecule has 0 radical (unpaired) electrons. The van der Waals surface area contributed by atoms with Crippen LogP contribution in [0.25, 0.3) is 0 Å². The molecule has 0 aromatic heterocycles. The number of benzene rings is 1. The van der Waals surface area contributed by atoms with Crippen molar-refractivity contribution in [1.29, 1.82) is 0 Å². The average molecular weight is 305 g/mol. The minimum atomic E-state index is -4.27. The third-order valence-electron chi connectivity index (χ3n) is 3.21. The van der Waals surface area contributed by atoms with Gasteiger partial charge in [0, 0.05) is 13.0 Å². The predicted octanol–water partition coefficient (Wildman–Crippen LogP) is 2.55. The SMILES string of the molecule is CNC(CCOCCC(F)(F)F)(C(=O)O)c1ccccc1. The number of nitrogens with one attached hydrogen (secondary N) is 1. The van der Waals surface area contributed by atoms with Crippen LogP contribution in [-0.4, -0.2) is 37.5 Å². The maximum atomic E-state index is 12.0. The molecule has 1 aromatic rings. The molecule has 0 bridgehead atoms. The van der Waals surface area contributed by atoms with Crippen LogP contribution in [0.4, 0.5) is 13.2 Å². The molecular weight excluding hydrogens is 287 g/mol. The van der Waals surface area contributed by atoms with Crippen molar-refractivity contribution in [3.05, 3.63) is 35.9 Å². The van der Waals surface area contributed by atoms with Crippen LogP contribution in [-0.2, 0) is 15.1 Å². The molecule has 1 atom stereocenters. The van der Waals surface area contributed by atoms with Crippen LogP contribution < -0.4 is 5.32 Å². The van der Waals surface area contributed by atoms with Gasteiger partial charge >= 0.3 is 12.1 Å². The van der Waals surface area contributed by atoms with E-state index in [1.165, 1.54) is 7.05 Å². The Bertz CT molecular complexity index is 451. The first-order chi connectivity index (χ1) is 9.82. The Kier molecular flexibility index (Phi) is 6.17. The summed E-state index contributed by atoms with van der Waals surface area (Å²) >= 11 is 0. The molecule has 4 nitrogen and oxygen atoms in total. The Morgan fingerprint density at radius 2 is 1.76 bits per heavy atom. The zero-order valence-corrected chi connectivity index (χ0v) is 11.6. The molecule has 0 heterocycles. The second kappa shape index (κ2) is 7.42. The van der Waals surface area contributed by atoms with Crippen molar-refractivity contribution in [2.24, 2.45) is 0 Å². The summed E-state index contributed by atoms with van der Waals surface area (Å²) in [5.74, 6) is -1.10. The van der Waals surface area contributed by atoms with Gasteiger partial charge < -0.3 is 15.2 Å². The molecule has 0 fully saturated rings. The Morgan fingerprint density at radius 3 is 2.24 bits per heavy atom. The third kappa shape index (κ3) is 5.02. The van der Waals surface area contributed by atoms with E-state index in [9.17, 15) is 23.1 Å². The predicted molar refractivity (Wildman–Crippen MR) is 70.9 cm³/mol. The fourth-order valence-corrected chi connectivity index (χ4v) is 1.99. The van der Waals surface area contributed by atoms with Gasteiger partial charge in [0.25, 0.3) is 0 Å². The maximum Gasteiger partial charge on any atom is 0.391 e. The van der Waals surface area contributed by atoms with Crippen LogP contribution in [0, 0.1) is 0 Å². The van der Waals surface area contributed by atoms with E-state index in [1.54, 1.807) is 30.3 Å². The molecule has 7 heteroatoms. The molecule has 1 rings (SSSR count). The van der Waals surface area contributed by atoms with E-state index in [-0.39, 0.29) is 13.0 Å². The average Bonchev–Trinajstić information content (AvgIpc) is 2.42. The Hall–Kier alpha value is -1.60. The molecule has 21 heavy (non-hydrogen) atoms. The molecular formula is C14H18F3NO3. The lowest BCUT2D eigenvalue weighted by atomic mass is 9.87. The largest absolute Gasteiger partial charge is 0.480 e. The summed E-state index contributed by atoms with van der Waals surface area (Å²) in [5.41, 5.74) is -0.848. The third-order valence-corrected chi connectivity index (χ3v) is 3.21. The number of hydrogen-bond acceptors (Lipinski definition) is 3. The number of carboxylic acids is 1. The number of aliphatic carboxylic acids is 1. The van der Waals surface area contributed by atoms with Gasteiger partial charge in [-0.05, 0) is 12.6 Å². The topological polar surface area (TPSA) is 58.6 Å². The van der Waals surface area contributed by atoms with E-state index in [4.69, 9.17) is 4.74 Å². The van der Waals surface area contributed by atoms with Crippen molar-refractivity contribution in [3.63, 3.8) is 0 Å². The van der Waals surface area contributed by atoms with Gasteiger partial charge in [-0.2, -0.15) is 13.2 Å². The van der Waals surface area contributed by atoms with Crippen molar-refractivity contribution in [1.82, 2.24) is 5.32 Å². The molecule has 0 saturated carbocycles. The molecule has 2 N–H and O–H groups in total. The van der Waals surface area contributed by atoms with Gasteiger partial charge in [-0.1, -0.05) is 30.3 Å². The van der Waals surface area contributed by atoms with Crippen molar-refractivity contribution in [2.75, 3.05) is 20.3 Å². The van der Waals surface area contributed by atoms with Crippen LogP contribution >= 0.6 is 0 Å². The fraction of sp³-hybridized carbons (Fsp3) is 0.500. The highest BCUT2D eigenvalue weighted by atomic mass is 19.4. The summed E-state index contributed by atoms with van der Waals surface area (Å²) in [4.78, 5) is 11.6. The van der Waals surface area contributed by atoms with Crippen molar-refractivity contribution in [2.45, 2.75) is 24.6 Å². The summed E-state index contributed by atoms with van der Waals surface area (Å²) in [6.07, 6.45) is -5.29. The molecule has 0 aliphatic heterocycles. The maximum absolute atomic E-state index is 12.0. The molecule has 1 aromatic carbocycles. The van der Waals surface area contributed by atoms with E-state index in [1.807, 2.05) is 0 Å². The number of halogens is 3. The smallest absolute Gasteiger partial charge is 0.391 e. The molecule has 0 aliphatic rings. The highest BCUT2D eigenvalue weighted by Crippen LogP contribution is 2.25. The highest BCUT2D eigenvalue weighted by Gasteiger charge is 2.38. The quantitative estimate of drug-likeness (QED) is 0.725. The first kappa shape index (κ1) is 17.5. The van der Waals surface area contributed by atoms with E-state index in [2.05, 4.69) is 5.32 Å². The van der Waals surface area contributed by atoms with Gasteiger partial charge in [-0.3, -0.25) is 0 Å². The molecule has 0 saturated heterocycles. The van der Waals surface area contributed by atoms with Gasteiger partial charge in [0.15, 0.2) is 0 Å². The zero-order chi connectivity index (χ0) is 15.9. The van der Waals surface area contributed by atoms with E-state index >= 15 is 0 Å². The summed E-state index contributed by atoms with van der Waals surface area (Å²) in [6, 6.07) is 8.47. The van der Waals surface area contributed by atoms with E-state index < -0.39 is 30.7 Å². The summed E-state index contributed by atoms with van der Waals surface area (Å²) < 4.78 is 40.9. The first-order valence-corrected chi connectivity index (χ1v) is 6.44. The van der Waals surface area contributed by atoms with Crippen LogP contribution in [0.2, 0.25) is 0 Å². The van der Waals surface area contributed by atoms with Crippen molar-refractivity contribution < 1.29 is 27.8 Å². The van der Waals surface area contributed by atoms with Gasteiger partial charge in [0.2, 0.25) is 0 Å². The normalized spacial score (nSPS) is 14.7. The minimum Gasteiger partial charge on any atom is -0.480 e. The number of hydrogen-bond donors (Lipinski definition) is 2. The molecule has 1 unspecified atom stereocenters. The molecule has 0 spiro atoms. The van der Waals surface area contributed by atoms with Gasteiger partial charge in [0.1, 0.15) is 5.54 Å². The Labute approximate surface area is 120 Å². The fourth-order valence-electron chi connectivity index (χ4n) is 1.99. The van der Waals surface area contributed by atoms with Crippen molar-refractivity contribution in [3.8, 4) is 0 Å². The number of likely N-dealkylation sites (N-methyl/N-ethyl adjacent to an activating group) is 1. The van der Waals surface area contributed by atoms with Crippen LogP contribution in [0.3, 0.4) is 0 Å². The second-order valence-electron chi connectivity index (χ2n) is 4.55. The minimum absolute atomic E-state index is 0.0285. The lowest BCUT2D eigenvalue weighted by molar-refractivity contribution is -0.150. The standard InChI is InChI=1S/C14H18F3NO3/c1-18-13(12(19)20,11-5-3-2-4-6-11)7-9-21-10-8-14(15,16)17/h2-6,18H,7-10H2,1H3,(H,19,20). The zero-order valence-electron chi connectivity index (χ0n) is 11.6. The monoisotopic (exact) mass is 305 g/mol. The molecule has 118 valence electrons. The number of carbonyl (C=O) groups is 1. The van der Waals surface area contributed by atoms with Crippen LogP contribution in [0.1, 0.15) is 18.4 Å². The highest BCUT2D eigenvalue weighted by molar-refractivity contribution is 5.80. The Balaban J connectivity index is 2.66. The van der Waals surface area contributed by atoms with Crippen LogP contribution in [0.5, 0.6) is 0 Å². The number of ether oxygens (including phenoxy) is 1. The lowest BCUT2D eigenvalue weighted by Gasteiger charge is -2.29. The van der Waals surface area contributed by atoms with Gasteiger partial charge in [-0.25, -0.2) is 4.79 Å². The summed E-state index contributed by atoms with van der Waals surface area (Å²) in [5, 5.41) is 12.2. The Morgan fingerprint density at radius 1 is 1.19 bits per heavy atom. The summed E-state index contributed by atoms with van der Waals surface area (Å²) in [6.45, 7) is -0.560. The van der Waals surface area contributed by atoms with Crippen molar-refractivity contribution >= 4 is 5.97 Å². The molecule has 0 aliphatic carbocycles. The number of carboxylic acid groups (broad SMARTS) is 1. The van der Waals surface area contributed by atoms with E-state index in [0.717, 1.165) is 0 Å². The van der Waals surface area contributed by atoms with Gasteiger partial charge in [-0.15, -0.1) is 0 Å². The van der Waals surface area contributed by atoms with Crippen LogP contribution in [0.15, 0.2) is 30.3 Å². The lowest BCUT2D eigenvalue weighted by Crippen LogP contribution is -2.48. The van der Waals surface area contributed by atoms with Gasteiger partial charge in [0.05, 0.1) is 13.0 Å². The number of alkyl halides is 3. The molecule has 0 amide bonds.